The largest absolute Gasteiger partial charge is 0.184 e. The molecule has 34 heavy (non-hydrogen) atoms. The van der Waals surface area contributed by atoms with Crippen molar-refractivity contribution < 1.29 is 23.3 Å². The number of hydrogen-bond donors (Lipinski definition) is 0. The van der Waals surface area contributed by atoms with E-state index in [9.17, 15) is 0 Å². The second-order valence-electron chi connectivity index (χ2n) is 6.46. The van der Waals surface area contributed by atoms with Crippen molar-refractivity contribution in [2.24, 2.45) is 0 Å². The molecular weight excluding hydrogens is 639 g/mol. The maximum absolute atomic E-state index is 3.06. The Kier molecular flexibility index (Phi) is 20.5. The minimum absolute atomic E-state index is 0. The molecule has 0 aliphatic heterocycles. The van der Waals surface area contributed by atoms with E-state index in [-0.39, 0.29) is 34.0 Å². The molecule has 0 N–H and O–H groups in total. The first-order chi connectivity index (χ1) is 15.9. The molecule has 0 aliphatic carbocycles. The van der Waals surface area contributed by atoms with Crippen molar-refractivity contribution >= 4 is 62.4 Å². The summed E-state index contributed by atoms with van der Waals surface area (Å²) in [5.41, 5.74) is 0. The van der Waals surface area contributed by atoms with Crippen molar-refractivity contribution in [1.29, 1.82) is 0 Å². The molecule has 0 heterocycles. The summed E-state index contributed by atoms with van der Waals surface area (Å²) in [5, 5.41) is 5.32. The first kappa shape index (κ1) is 32.2. The Morgan fingerprint density at radius 2 is 0.824 bits per heavy atom. The van der Waals surface area contributed by atoms with Gasteiger partial charge in [-0.2, -0.15) is 108 Å². The third-order valence-electron chi connectivity index (χ3n) is 4.31. The van der Waals surface area contributed by atoms with Crippen LogP contribution in [0, 0.1) is 12.1 Å². The summed E-state index contributed by atoms with van der Waals surface area (Å²) in [6, 6.07) is 54.3. The molecule has 6 aromatic carbocycles. The Morgan fingerprint density at radius 1 is 0.471 bits per heavy atom. The van der Waals surface area contributed by atoms with Crippen LogP contribution >= 0.6 is 34.0 Å². The molecule has 0 atom stereocenters. The smallest absolute Gasteiger partial charge is 0.0809 e. The minimum Gasteiger partial charge on any atom is -0.184 e. The molecule has 0 unspecified atom stereocenters. The molecule has 172 valence electrons. The van der Waals surface area contributed by atoms with Crippen LogP contribution in [-0.2, 0) is 23.3 Å². The first-order valence-corrected chi connectivity index (χ1v) is 14.4. The van der Waals surface area contributed by atoms with Gasteiger partial charge in [0.15, 0.2) is 0 Å². The van der Waals surface area contributed by atoms with Crippen molar-refractivity contribution in [2.75, 3.05) is 0 Å². The Hall–Kier alpha value is -1.84. The molecule has 0 nitrogen and oxygen atoms in total. The van der Waals surface area contributed by atoms with Gasteiger partial charge in [-0.3, -0.25) is 0 Å². The van der Waals surface area contributed by atoms with E-state index in [1.165, 1.54) is 44.9 Å². The van der Waals surface area contributed by atoms with E-state index in [0.717, 1.165) is 0 Å². The summed E-state index contributed by atoms with van der Waals surface area (Å²) in [6.07, 6.45) is 0. The average molecular weight is 666 g/mol. The third kappa shape index (κ3) is 13.2. The van der Waals surface area contributed by atoms with Crippen LogP contribution in [0.3, 0.4) is 0 Å². The van der Waals surface area contributed by atoms with Crippen LogP contribution < -0.4 is 0 Å². The predicted molar refractivity (Wildman–Crippen MR) is 156 cm³/mol. The van der Waals surface area contributed by atoms with Crippen LogP contribution in [0.25, 0.3) is 21.5 Å². The van der Waals surface area contributed by atoms with Gasteiger partial charge in [-0.25, -0.2) is 0 Å². The summed E-state index contributed by atoms with van der Waals surface area (Å²) in [7, 11) is 0. The van der Waals surface area contributed by atoms with E-state index in [1.54, 1.807) is 0 Å². The molecule has 0 amide bonds. The Balaban J connectivity index is 0.000000416. The van der Waals surface area contributed by atoms with Gasteiger partial charge in [-0.15, -0.1) is 93.3 Å². The van der Waals surface area contributed by atoms with Crippen LogP contribution in [0.5, 0.6) is 0 Å². The molecule has 0 saturated heterocycles. The van der Waals surface area contributed by atoms with Crippen LogP contribution in [0.2, 0.25) is 0 Å². The summed E-state index contributed by atoms with van der Waals surface area (Å²) < 4.78 is 0. The average Bonchev–Trinajstić information content (AvgIpc) is 3.58. The molecule has 6 rings (SSSR count). The zero-order chi connectivity index (χ0) is 22.7. The number of benzene rings is 4. The quantitative estimate of drug-likeness (QED) is 0.112. The molecule has 0 aromatic heterocycles. The van der Waals surface area contributed by atoms with Crippen LogP contribution in [0.4, 0.5) is 0 Å². The first-order valence-electron chi connectivity index (χ1n) is 10.2. The molecule has 0 saturated carbocycles. The third-order valence-corrected chi connectivity index (χ3v) is 4.31. The normalized spacial score (nSPS) is 8.32. The molecule has 0 bridgehead atoms. The number of hydrogen-bond acceptors (Lipinski definition) is 0. The van der Waals surface area contributed by atoms with Gasteiger partial charge >= 0.3 is 30.2 Å². The molecule has 6 aromatic rings. The standard InChI is InChI=1S/2C9H7.2C6H5.2BrH.Si.Zr/c2*1-2-5-9-7-3-6-8(9)4-1;2*1-2-4-6-5-3-1;;;;/h2*1-7H;2*1-5H;2*1H;;/q4*-1;;;;. The van der Waals surface area contributed by atoms with Crippen molar-refractivity contribution in [1.82, 2.24) is 0 Å². The second kappa shape index (κ2) is 21.7. The monoisotopic (exact) mass is 662 g/mol. The van der Waals surface area contributed by atoms with Gasteiger partial charge in [-0.1, -0.05) is 12.1 Å². The molecule has 4 heteroatoms. The van der Waals surface area contributed by atoms with E-state index in [0.29, 0.717) is 0 Å². The molecular formula is C30H26Br2SiZr-4. The summed E-state index contributed by atoms with van der Waals surface area (Å²) in [4.78, 5) is 0. The number of fused-ring (bicyclic) bond motifs is 2. The predicted octanol–water partition coefficient (Wildman–Crippen LogP) is 8.86. The summed E-state index contributed by atoms with van der Waals surface area (Å²) in [5.74, 6) is 0. The van der Waals surface area contributed by atoms with Gasteiger partial charge in [0.05, 0.1) is 0 Å². The van der Waals surface area contributed by atoms with Gasteiger partial charge in [0.2, 0.25) is 0 Å². The van der Waals surface area contributed by atoms with Gasteiger partial charge in [0.25, 0.3) is 0 Å². The molecule has 0 spiro atoms. The fourth-order valence-corrected chi connectivity index (χ4v) is 2.82. The SMILES string of the molecule is Br.Br.[Si]=[Zr].[c-]1ccccc1.[c-]1ccccc1.c1ccc2[cH-]ccc2c1.c1ccc2[cH-]ccc2c1. The summed E-state index contributed by atoms with van der Waals surface area (Å²) in [6.45, 7) is 3.06. The van der Waals surface area contributed by atoms with Gasteiger partial charge < -0.3 is 0 Å². The number of rotatable bonds is 0. The minimum atomic E-state index is 0. The Bertz CT molecular complexity index is 1010. The van der Waals surface area contributed by atoms with E-state index < -0.39 is 0 Å². The van der Waals surface area contributed by atoms with E-state index in [4.69, 9.17) is 0 Å². The van der Waals surface area contributed by atoms with Crippen molar-refractivity contribution in [3.05, 3.63) is 158 Å². The Labute approximate surface area is 241 Å². The zero-order valence-electron chi connectivity index (χ0n) is 18.7. The van der Waals surface area contributed by atoms with Crippen molar-refractivity contribution in [2.45, 2.75) is 0 Å². The molecule has 2 radical (unpaired) electrons. The number of halogens is 2. The van der Waals surface area contributed by atoms with Crippen molar-refractivity contribution in [3.63, 3.8) is 0 Å². The zero-order valence-corrected chi connectivity index (χ0v) is 25.6. The Morgan fingerprint density at radius 3 is 1.09 bits per heavy atom. The maximum atomic E-state index is 3.06. The van der Waals surface area contributed by atoms with E-state index in [1.807, 2.05) is 60.7 Å². The fraction of sp³-hybridized carbons (Fsp3) is 0. The molecule has 0 fully saturated rings. The van der Waals surface area contributed by atoms with Gasteiger partial charge in [0, 0.05) is 0 Å². The second-order valence-corrected chi connectivity index (χ2v) is 6.46. The maximum Gasteiger partial charge on any atom is -0.0809 e. The van der Waals surface area contributed by atoms with E-state index in [2.05, 4.69) is 104 Å². The molecule has 0 aliphatic rings. The van der Waals surface area contributed by atoms with Gasteiger partial charge in [-0.05, 0) is 0 Å². The fourth-order valence-electron chi connectivity index (χ4n) is 2.82. The summed E-state index contributed by atoms with van der Waals surface area (Å²) >= 11 is 1.36. The van der Waals surface area contributed by atoms with Crippen LogP contribution in [0.1, 0.15) is 0 Å². The van der Waals surface area contributed by atoms with Gasteiger partial charge in [0.1, 0.15) is 0 Å². The van der Waals surface area contributed by atoms with E-state index >= 15 is 0 Å². The van der Waals surface area contributed by atoms with Crippen LogP contribution in [0.15, 0.2) is 146 Å². The van der Waals surface area contributed by atoms with Crippen LogP contribution in [-0.4, -0.2) is 6.88 Å². The topological polar surface area (TPSA) is 0 Å². The van der Waals surface area contributed by atoms with Crippen molar-refractivity contribution in [3.8, 4) is 0 Å².